The van der Waals surface area contributed by atoms with Crippen molar-refractivity contribution in [3.05, 3.63) is 94.5 Å². The Balaban J connectivity index is 1.75. The van der Waals surface area contributed by atoms with Gasteiger partial charge in [0.15, 0.2) is 0 Å². The highest BCUT2D eigenvalue weighted by Gasteiger charge is 2.24. The summed E-state index contributed by atoms with van der Waals surface area (Å²) < 4.78 is 10.4. The van der Waals surface area contributed by atoms with E-state index in [2.05, 4.69) is 0 Å². The lowest BCUT2D eigenvalue weighted by molar-refractivity contribution is 0.0147. The maximum Gasteiger partial charge on any atom is 0.410 e. The topological polar surface area (TPSA) is 76.1 Å². The molecular formula is C29H32ClNO5. The molecule has 3 aromatic rings. The van der Waals surface area contributed by atoms with Gasteiger partial charge in [-0.1, -0.05) is 60.1 Å². The molecule has 6 nitrogen and oxygen atoms in total. The number of esters is 1. The van der Waals surface area contributed by atoms with Crippen molar-refractivity contribution >= 4 is 23.7 Å². The van der Waals surface area contributed by atoms with Crippen molar-refractivity contribution < 1.29 is 24.2 Å². The summed E-state index contributed by atoms with van der Waals surface area (Å²) in [4.78, 5) is 26.2. The van der Waals surface area contributed by atoms with Crippen LogP contribution in [0.1, 0.15) is 48.4 Å². The Morgan fingerprint density at radius 1 is 0.972 bits per heavy atom. The highest BCUT2D eigenvalue weighted by Crippen LogP contribution is 2.23. The number of methoxy groups -OCH3 is 1. The summed E-state index contributed by atoms with van der Waals surface area (Å²) in [5.41, 5.74) is 3.44. The number of hydrogen-bond acceptors (Lipinski definition) is 5. The third-order valence-corrected chi connectivity index (χ3v) is 5.75. The summed E-state index contributed by atoms with van der Waals surface area (Å²) in [6.45, 7) is 5.86. The summed E-state index contributed by atoms with van der Waals surface area (Å²) in [6.07, 6.45) is -0.829. The van der Waals surface area contributed by atoms with Gasteiger partial charge >= 0.3 is 12.1 Å². The minimum atomic E-state index is -0.907. The molecule has 0 saturated carbocycles. The van der Waals surface area contributed by atoms with E-state index in [-0.39, 0.29) is 12.5 Å². The molecule has 36 heavy (non-hydrogen) atoms. The molecule has 0 fully saturated rings. The zero-order valence-electron chi connectivity index (χ0n) is 21.0. The molecule has 0 aliphatic rings. The van der Waals surface area contributed by atoms with E-state index in [1.54, 1.807) is 36.4 Å². The van der Waals surface area contributed by atoms with Gasteiger partial charge in [0.25, 0.3) is 0 Å². The molecule has 0 radical (unpaired) electrons. The molecule has 1 atom stereocenters. The first kappa shape index (κ1) is 27.2. The van der Waals surface area contributed by atoms with Gasteiger partial charge in [0.2, 0.25) is 0 Å². The van der Waals surface area contributed by atoms with Crippen LogP contribution in [0.3, 0.4) is 0 Å². The fourth-order valence-electron chi connectivity index (χ4n) is 3.70. The number of benzene rings is 3. The van der Waals surface area contributed by atoms with Crippen LogP contribution in [-0.2, 0) is 15.9 Å². The number of amides is 1. The van der Waals surface area contributed by atoms with Gasteiger partial charge in [-0.3, -0.25) is 0 Å². The van der Waals surface area contributed by atoms with Gasteiger partial charge in [-0.2, -0.15) is 0 Å². The van der Waals surface area contributed by atoms with Crippen LogP contribution in [0.4, 0.5) is 4.79 Å². The van der Waals surface area contributed by atoms with Crippen molar-refractivity contribution in [2.45, 2.75) is 38.9 Å². The van der Waals surface area contributed by atoms with Crippen molar-refractivity contribution in [1.29, 1.82) is 0 Å². The maximum absolute atomic E-state index is 12.9. The molecule has 0 heterocycles. The lowest BCUT2D eigenvalue weighted by Gasteiger charge is -2.29. The van der Waals surface area contributed by atoms with Crippen molar-refractivity contribution in [3.8, 4) is 11.1 Å². The molecule has 1 N–H and O–H groups in total. The van der Waals surface area contributed by atoms with Crippen molar-refractivity contribution in [3.63, 3.8) is 0 Å². The Labute approximate surface area is 217 Å². The molecule has 0 aromatic heterocycles. The quantitative estimate of drug-likeness (QED) is 0.360. The standard InChI is InChI=1S/C29H32ClNO5/c1-29(2,3)36-28(34)31(19-26(32)24-9-6-10-25(30)18-24)16-15-20-7-5-8-23(17-20)21-11-13-22(14-12-21)27(33)35-4/h5-14,17-18,26,32H,15-16,19H2,1-4H3/t26-/m0/s1. The van der Waals surface area contributed by atoms with Crippen molar-refractivity contribution in [1.82, 2.24) is 4.90 Å². The fraction of sp³-hybridized carbons (Fsp3) is 0.310. The monoisotopic (exact) mass is 509 g/mol. The van der Waals surface area contributed by atoms with Crippen molar-refractivity contribution in [2.75, 3.05) is 20.2 Å². The number of rotatable bonds is 8. The zero-order chi connectivity index (χ0) is 26.3. The first-order valence-electron chi connectivity index (χ1n) is 11.7. The zero-order valence-corrected chi connectivity index (χ0v) is 21.8. The second kappa shape index (κ2) is 12.1. The molecule has 1 amide bonds. The third kappa shape index (κ3) is 7.83. The van der Waals surface area contributed by atoms with E-state index in [9.17, 15) is 14.7 Å². The average Bonchev–Trinajstić information content (AvgIpc) is 2.85. The SMILES string of the molecule is COC(=O)c1ccc(-c2cccc(CCN(C[C@H](O)c3cccc(Cl)c3)C(=O)OC(C)(C)C)c2)cc1. The molecule has 7 heteroatoms. The third-order valence-electron chi connectivity index (χ3n) is 5.52. The summed E-state index contributed by atoms with van der Waals surface area (Å²) in [5, 5.41) is 11.3. The molecule has 0 spiro atoms. The van der Waals surface area contributed by atoms with E-state index in [0.29, 0.717) is 29.1 Å². The maximum atomic E-state index is 12.9. The van der Waals surface area contributed by atoms with Gasteiger partial charge in [0, 0.05) is 11.6 Å². The number of hydrogen-bond donors (Lipinski definition) is 1. The summed E-state index contributed by atoms with van der Waals surface area (Å²) >= 11 is 6.07. The number of carbonyl (C=O) groups is 2. The Bertz CT molecular complexity index is 1190. The van der Waals surface area contributed by atoms with E-state index in [1.807, 2.05) is 57.2 Å². The predicted octanol–water partition coefficient (Wildman–Crippen LogP) is 6.31. The van der Waals surface area contributed by atoms with E-state index in [0.717, 1.165) is 16.7 Å². The van der Waals surface area contributed by atoms with Crippen LogP contribution in [0.5, 0.6) is 0 Å². The van der Waals surface area contributed by atoms with Gasteiger partial charge in [0.1, 0.15) is 5.60 Å². The highest BCUT2D eigenvalue weighted by atomic mass is 35.5. The van der Waals surface area contributed by atoms with Crippen LogP contribution in [0.25, 0.3) is 11.1 Å². The lowest BCUT2D eigenvalue weighted by atomic mass is 10.0. The average molecular weight is 510 g/mol. The van der Waals surface area contributed by atoms with Gasteiger partial charge in [-0.25, -0.2) is 9.59 Å². The second-order valence-electron chi connectivity index (χ2n) is 9.52. The smallest absolute Gasteiger partial charge is 0.410 e. The summed E-state index contributed by atoms with van der Waals surface area (Å²) in [5.74, 6) is -0.377. The van der Waals surface area contributed by atoms with Crippen LogP contribution in [-0.4, -0.2) is 47.9 Å². The molecular weight excluding hydrogens is 478 g/mol. The van der Waals surface area contributed by atoms with Crippen LogP contribution < -0.4 is 0 Å². The van der Waals surface area contributed by atoms with Crippen LogP contribution in [0.2, 0.25) is 5.02 Å². The summed E-state index contributed by atoms with van der Waals surface area (Å²) in [7, 11) is 1.36. The number of nitrogens with zero attached hydrogens (tertiary/aromatic N) is 1. The molecule has 0 unspecified atom stereocenters. The van der Waals surface area contributed by atoms with Gasteiger partial charge < -0.3 is 19.5 Å². The predicted molar refractivity (Wildman–Crippen MR) is 141 cm³/mol. The van der Waals surface area contributed by atoms with E-state index >= 15 is 0 Å². The first-order valence-corrected chi connectivity index (χ1v) is 12.1. The Hall–Kier alpha value is -3.35. The van der Waals surface area contributed by atoms with Crippen LogP contribution in [0, 0.1) is 0 Å². The van der Waals surface area contributed by atoms with Crippen molar-refractivity contribution in [2.24, 2.45) is 0 Å². The molecule has 0 bridgehead atoms. The fourth-order valence-corrected chi connectivity index (χ4v) is 3.90. The number of aliphatic hydroxyl groups is 1. The normalized spacial score (nSPS) is 12.1. The Kier molecular flexibility index (Phi) is 9.13. The van der Waals surface area contributed by atoms with E-state index in [4.69, 9.17) is 21.1 Å². The van der Waals surface area contributed by atoms with Gasteiger partial charge in [-0.15, -0.1) is 0 Å². The largest absolute Gasteiger partial charge is 0.465 e. The van der Waals surface area contributed by atoms with E-state index < -0.39 is 17.8 Å². The first-order chi connectivity index (χ1) is 17.1. The number of halogens is 1. The van der Waals surface area contributed by atoms with Crippen LogP contribution >= 0.6 is 11.6 Å². The minimum absolute atomic E-state index is 0.0733. The molecule has 0 aliphatic heterocycles. The lowest BCUT2D eigenvalue weighted by Crippen LogP contribution is -2.40. The number of carbonyl (C=O) groups excluding carboxylic acids is 2. The van der Waals surface area contributed by atoms with Gasteiger partial charge in [-0.05, 0) is 73.7 Å². The van der Waals surface area contributed by atoms with E-state index in [1.165, 1.54) is 12.0 Å². The molecule has 190 valence electrons. The second-order valence-corrected chi connectivity index (χ2v) is 9.95. The minimum Gasteiger partial charge on any atom is -0.465 e. The van der Waals surface area contributed by atoms with Crippen LogP contribution in [0.15, 0.2) is 72.8 Å². The number of ether oxygens (including phenoxy) is 2. The molecule has 0 saturated heterocycles. The summed E-state index contributed by atoms with van der Waals surface area (Å²) in [6, 6.07) is 22.2. The number of aliphatic hydroxyl groups excluding tert-OH is 1. The molecule has 3 aromatic carbocycles. The highest BCUT2D eigenvalue weighted by molar-refractivity contribution is 6.30. The molecule has 0 aliphatic carbocycles. The Morgan fingerprint density at radius 2 is 1.67 bits per heavy atom. The Morgan fingerprint density at radius 3 is 2.31 bits per heavy atom. The molecule has 3 rings (SSSR count). The van der Waals surface area contributed by atoms with Gasteiger partial charge in [0.05, 0.1) is 25.3 Å².